The third-order valence-corrected chi connectivity index (χ3v) is 2.81. The van der Waals surface area contributed by atoms with E-state index < -0.39 is 6.10 Å². The molecule has 1 atom stereocenters. The number of nitrogens with zero attached hydrogens (tertiary/aromatic N) is 1. The molecule has 4 heteroatoms. The van der Waals surface area contributed by atoms with E-state index in [2.05, 4.69) is 4.98 Å². The Morgan fingerprint density at radius 1 is 1.28 bits per heavy atom. The minimum Gasteiger partial charge on any atom is -0.454 e. The number of aliphatic hydroxyl groups excluding tert-OH is 1. The molecular weight excluding hydrogens is 250 g/mol. The summed E-state index contributed by atoms with van der Waals surface area (Å²) in [5.41, 5.74) is 1.68. The summed E-state index contributed by atoms with van der Waals surface area (Å²) >= 11 is 6.04. The molecule has 1 unspecified atom stereocenters. The van der Waals surface area contributed by atoms with E-state index >= 15 is 0 Å². The van der Waals surface area contributed by atoms with Crippen LogP contribution in [0, 0.1) is 6.92 Å². The van der Waals surface area contributed by atoms with Crippen LogP contribution >= 0.6 is 11.6 Å². The van der Waals surface area contributed by atoms with Crippen LogP contribution in [0.2, 0.25) is 5.02 Å². The molecule has 0 aliphatic carbocycles. The van der Waals surface area contributed by atoms with E-state index in [4.69, 9.17) is 16.3 Å². The highest BCUT2D eigenvalue weighted by molar-refractivity contribution is 6.32. The number of aliphatic hydroxyl groups is 1. The molecule has 1 aromatic heterocycles. The van der Waals surface area contributed by atoms with E-state index in [1.165, 1.54) is 0 Å². The Hall–Kier alpha value is -1.58. The third kappa shape index (κ3) is 3.00. The molecule has 0 bridgehead atoms. The Morgan fingerprint density at radius 3 is 2.67 bits per heavy atom. The highest BCUT2D eigenvalue weighted by atomic mass is 35.5. The number of pyridine rings is 1. The van der Waals surface area contributed by atoms with Gasteiger partial charge in [-0.05, 0) is 43.7 Å². The van der Waals surface area contributed by atoms with Gasteiger partial charge in [0.1, 0.15) is 11.5 Å². The normalized spacial score (nSPS) is 12.2. The first-order valence-corrected chi connectivity index (χ1v) is 6.02. The van der Waals surface area contributed by atoms with Crippen molar-refractivity contribution in [1.82, 2.24) is 4.98 Å². The lowest BCUT2D eigenvalue weighted by Gasteiger charge is -2.09. The molecule has 3 nitrogen and oxygen atoms in total. The van der Waals surface area contributed by atoms with Gasteiger partial charge < -0.3 is 9.84 Å². The SMILES string of the molecule is Cc1ccc(Cl)c(Oc2ccc(C(C)O)nc2)c1. The summed E-state index contributed by atoms with van der Waals surface area (Å²) in [6, 6.07) is 9.07. The van der Waals surface area contributed by atoms with Crippen molar-refractivity contribution in [3.8, 4) is 11.5 Å². The van der Waals surface area contributed by atoms with Crippen LogP contribution < -0.4 is 4.74 Å². The molecule has 2 rings (SSSR count). The summed E-state index contributed by atoms with van der Waals surface area (Å²) < 4.78 is 5.65. The lowest BCUT2D eigenvalue weighted by molar-refractivity contribution is 0.194. The summed E-state index contributed by atoms with van der Waals surface area (Å²) in [6.45, 7) is 3.64. The first-order chi connectivity index (χ1) is 8.56. The van der Waals surface area contributed by atoms with Crippen LogP contribution in [0.1, 0.15) is 24.3 Å². The van der Waals surface area contributed by atoms with Crippen LogP contribution in [-0.2, 0) is 0 Å². The molecule has 0 amide bonds. The smallest absolute Gasteiger partial charge is 0.146 e. The van der Waals surface area contributed by atoms with Gasteiger partial charge in [-0.2, -0.15) is 0 Å². The minimum absolute atomic E-state index is 0.556. The Balaban J connectivity index is 2.21. The summed E-state index contributed by atoms with van der Waals surface area (Å²) in [5, 5.41) is 9.92. The van der Waals surface area contributed by atoms with E-state index in [9.17, 15) is 5.11 Å². The van der Waals surface area contributed by atoms with Crippen LogP contribution in [0.3, 0.4) is 0 Å². The summed E-state index contributed by atoms with van der Waals surface area (Å²) in [4.78, 5) is 4.11. The molecule has 0 aliphatic rings. The molecule has 1 heterocycles. The Morgan fingerprint density at radius 2 is 2.06 bits per heavy atom. The maximum absolute atomic E-state index is 9.36. The highest BCUT2D eigenvalue weighted by Gasteiger charge is 2.06. The fourth-order valence-electron chi connectivity index (χ4n) is 1.51. The van der Waals surface area contributed by atoms with Crippen LogP contribution in [-0.4, -0.2) is 10.1 Å². The van der Waals surface area contributed by atoms with Crippen molar-refractivity contribution in [2.45, 2.75) is 20.0 Å². The van der Waals surface area contributed by atoms with E-state index in [0.29, 0.717) is 22.2 Å². The van der Waals surface area contributed by atoms with Gasteiger partial charge in [0, 0.05) is 0 Å². The van der Waals surface area contributed by atoms with Crippen LogP contribution in [0.15, 0.2) is 36.5 Å². The number of rotatable bonds is 3. The van der Waals surface area contributed by atoms with Crippen molar-refractivity contribution in [3.63, 3.8) is 0 Å². The van der Waals surface area contributed by atoms with Crippen molar-refractivity contribution in [1.29, 1.82) is 0 Å². The first-order valence-electron chi connectivity index (χ1n) is 5.64. The minimum atomic E-state index is -0.582. The third-order valence-electron chi connectivity index (χ3n) is 2.50. The van der Waals surface area contributed by atoms with Gasteiger partial charge in [0.2, 0.25) is 0 Å². The van der Waals surface area contributed by atoms with Crippen LogP contribution in [0.4, 0.5) is 0 Å². The van der Waals surface area contributed by atoms with Crippen molar-refractivity contribution < 1.29 is 9.84 Å². The molecule has 0 radical (unpaired) electrons. The van der Waals surface area contributed by atoms with E-state index in [-0.39, 0.29) is 0 Å². The molecule has 0 saturated carbocycles. The van der Waals surface area contributed by atoms with Gasteiger partial charge >= 0.3 is 0 Å². The molecule has 0 fully saturated rings. The summed E-state index contributed by atoms with van der Waals surface area (Å²) in [7, 11) is 0. The number of aromatic nitrogens is 1. The standard InChI is InChI=1S/C14H14ClNO2/c1-9-3-5-12(15)14(7-9)18-11-4-6-13(10(2)17)16-8-11/h3-8,10,17H,1-2H3. The number of halogens is 1. The topological polar surface area (TPSA) is 42.4 Å². The zero-order valence-electron chi connectivity index (χ0n) is 10.2. The fourth-order valence-corrected chi connectivity index (χ4v) is 1.67. The maximum atomic E-state index is 9.36. The lowest BCUT2D eigenvalue weighted by atomic mass is 10.2. The van der Waals surface area contributed by atoms with Gasteiger partial charge in [-0.1, -0.05) is 17.7 Å². The highest BCUT2D eigenvalue weighted by Crippen LogP contribution is 2.30. The second-order valence-corrected chi connectivity index (χ2v) is 4.54. The maximum Gasteiger partial charge on any atom is 0.146 e. The number of hydrogen-bond donors (Lipinski definition) is 1. The van der Waals surface area contributed by atoms with Crippen molar-refractivity contribution in [2.24, 2.45) is 0 Å². The van der Waals surface area contributed by atoms with Gasteiger partial charge in [0.05, 0.1) is 23.0 Å². The quantitative estimate of drug-likeness (QED) is 0.914. The number of benzene rings is 1. The van der Waals surface area contributed by atoms with Crippen LogP contribution in [0.25, 0.3) is 0 Å². The lowest BCUT2D eigenvalue weighted by Crippen LogP contribution is -1.95. The number of hydrogen-bond acceptors (Lipinski definition) is 3. The molecular formula is C14H14ClNO2. The molecule has 2 aromatic rings. The fraction of sp³-hybridized carbons (Fsp3) is 0.214. The van der Waals surface area contributed by atoms with Gasteiger partial charge in [-0.3, -0.25) is 4.98 Å². The average Bonchev–Trinajstić information content (AvgIpc) is 2.34. The number of ether oxygens (including phenoxy) is 1. The molecule has 0 spiro atoms. The predicted octanol–water partition coefficient (Wildman–Crippen LogP) is 3.89. The second kappa shape index (κ2) is 5.38. The van der Waals surface area contributed by atoms with Gasteiger partial charge in [-0.15, -0.1) is 0 Å². The van der Waals surface area contributed by atoms with Crippen molar-refractivity contribution in [2.75, 3.05) is 0 Å². The van der Waals surface area contributed by atoms with E-state index in [0.717, 1.165) is 5.56 Å². The molecule has 94 valence electrons. The molecule has 18 heavy (non-hydrogen) atoms. The van der Waals surface area contributed by atoms with Crippen molar-refractivity contribution >= 4 is 11.6 Å². The Kier molecular flexibility index (Phi) is 3.84. The zero-order valence-corrected chi connectivity index (χ0v) is 11.0. The van der Waals surface area contributed by atoms with Gasteiger partial charge in [-0.25, -0.2) is 0 Å². The molecule has 1 N–H and O–H groups in total. The largest absolute Gasteiger partial charge is 0.454 e. The van der Waals surface area contributed by atoms with Gasteiger partial charge in [0.25, 0.3) is 0 Å². The number of aryl methyl sites for hydroxylation is 1. The Bertz CT molecular complexity index is 538. The van der Waals surface area contributed by atoms with E-state index in [1.54, 1.807) is 31.3 Å². The molecule has 0 saturated heterocycles. The van der Waals surface area contributed by atoms with Crippen LogP contribution in [0.5, 0.6) is 11.5 Å². The summed E-state index contributed by atoms with van der Waals surface area (Å²) in [6.07, 6.45) is 0.988. The summed E-state index contributed by atoms with van der Waals surface area (Å²) in [5.74, 6) is 1.19. The molecule has 1 aromatic carbocycles. The molecule has 0 aliphatic heterocycles. The predicted molar refractivity (Wildman–Crippen MR) is 71.1 cm³/mol. The zero-order chi connectivity index (χ0) is 13.1. The monoisotopic (exact) mass is 263 g/mol. The Labute approximate surface area is 111 Å². The van der Waals surface area contributed by atoms with E-state index in [1.807, 2.05) is 19.1 Å². The first kappa shape index (κ1) is 12.9. The van der Waals surface area contributed by atoms with Gasteiger partial charge in [0.15, 0.2) is 0 Å². The average molecular weight is 264 g/mol. The second-order valence-electron chi connectivity index (χ2n) is 4.13. The van der Waals surface area contributed by atoms with Crippen molar-refractivity contribution in [3.05, 3.63) is 52.8 Å².